The smallest absolute Gasteiger partial charge is 0.321 e. The first-order chi connectivity index (χ1) is 9.78. The summed E-state index contributed by atoms with van der Waals surface area (Å²) in [6.45, 7) is 2.07. The maximum absolute atomic E-state index is 13.0. The Balaban J connectivity index is 1.88. The second-order valence-electron chi connectivity index (χ2n) is 4.10. The van der Waals surface area contributed by atoms with Gasteiger partial charge in [-0.1, -0.05) is 6.07 Å². The third-order valence-corrected chi connectivity index (χ3v) is 2.50. The molecule has 5 nitrogen and oxygen atoms in total. The fraction of sp³-hybridized carbons (Fsp3) is 0.286. The standard InChI is InChI=1S/C14H16FN3O2/c1-19-6-5-16-8-11-9-17-14(18-10-11)20-13-4-2-3-12(15)7-13/h2-4,7,9-10,16H,5-6,8H2,1H3. The monoisotopic (exact) mass is 277 g/mol. The number of hydrogen-bond donors (Lipinski definition) is 1. The van der Waals surface area contributed by atoms with Crippen LogP contribution in [0.1, 0.15) is 5.56 Å². The first kappa shape index (κ1) is 14.4. The number of methoxy groups -OCH3 is 1. The van der Waals surface area contributed by atoms with Crippen molar-refractivity contribution in [1.82, 2.24) is 15.3 Å². The zero-order valence-corrected chi connectivity index (χ0v) is 11.2. The summed E-state index contributed by atoms with van der Waals surface area (Å²) in [5, 5.41) is 3.18. The average Bonchev–Trinajstić information content (AvgIpc) is 2.45. The van der Waals surface area contributed by atoms with Crippen LogP contribution in [0.4, 0.5) is 4.39 Å². The summed E-state index contributed by atoms with van der Waals surface area (Å²) in [5.74, 6) is 0.0115. The van der Waals surface area contributed by atoms with Gasteiger partial charge in [0, 0.05) is 44.2 Å². The molecular weight excluding hydrogens is 261 g/mol. The van der Waals surface area contributed by atoms with Gasteiger partial charge in [0.05, 0.1) is 6.61 Å². The Morgan fingerprint density at radius 1 is 1.25 bits per heavy atom. The van der Waals surface area contributed by atoms with Crippen molar-refractivity contribution in [2.45, 2.75) is 6.54 Å². The van der Waals surface area contributed by atoms with Gasteiger partial charge in [-0.05, 0) is 12.1 Å². The van der Waals surface area contributed by atoms with Crippen LogP contribution in [-0.4, -0.2) is 30.2 Å². The number of nitrogens with zero attached hydrogens (tertiary/aromatic N) is 2. The molecule has 106 valence electrons. The Morgan fingerprint density at radius 3 is 2.75 bits per heavy atom. The molecule has 0 amide bonds. The van der Waals surface area contributed by atoms with Crippen molar-refractivity contribution in [3.05, 3.63) is 48.0 Å². The van der Waals surface area contributed by atoms with Crippen molar-refractivity contribution in [2.75, 3.05) is 20.3 Å². The molecule has 2 rings (SSSR count). The Hall–Kier alpha value is -2.05. The molecule has 1 aromatic carbocycles. The Bertz CT molecular complexity index is 534. The molecule has 20 heavy (non-hydrogen) atoms. The fourth-order valence-corrected chi connectivity index (χ4v) is 1.53. The van der Waals surface area contributed by atoms with Crippen LogP contribution >= 0.6 is 0 Å². The van der Waals surface area contributed by atoms with Gasteiger partial charge in [0.2, 0.25) is 0 Å². The molecule has 0 unspecified atom stereocenters. The van der Waals surface area contributed by atoms with E-state index in [1.807, 2.05) is 0 Å². The highest BCUT2D eigenvalue weighted by Crippen LogP contribution is 2.17. The molecule has 1 N–H and O–H groups in total. The van der Waals surface area contributed by atoms with Crippen molar-refractivity contribution in [3.8, 4) is 11.8 Å². The SMILES string of the molecule is COCCNCc1cnc(Oc2cccc(F)c2)nc1. The third-order valence-electron chi connectivity index (χ3n) is 2.50. The van der Waals surface area contributed by atoms with Gasteiger partial charge in [-0.15, -0.1) is 0 Å². The van der Waals surface area contributed by atoms with Crippen LogP contribution in [0.25, 0.3) is 0 Å². The highest BCUT2D eigenvalue weighted by molar-refractivity contribution is 5.25. The summed E-state index contributed by atoms with van der Waals surface area (Å²) in [6.07, 6.45) is 3.34. The zero-order valence-electron chi connectivity index (χ0n) is 11.2. The quantitative estimate of drug-likeness (QED) is 0.786. The second-order valence-corrected chi connectivity index (χ2v) is 4.10. The molecule has 0 fully saturated rings. The first-order valence-electron chi connectivity index (χ1n) is 6.22. The maximum Gasteiger partial charge on any atom is 0.321 e. The molecule has 0 saturated carbocycles. The summed E-state index contributed by atoms with van der Waals surface area (Å²) < 4.78 is 23.3. The highest BCUT2D eigenvalue weighted by Gasteiger charge is 2.02. The van der Waals surface area contributed by atoms with Gasteiger partial charge in [-0.2, -0.15) is 0 Å². The second kappa shape index (κ2) is 7.52. The zero-order chi connectivity index (χ0) is 14.2. The molecule has 0 bridgehead atoms. The van der Waals surface area contributed by atoms with Crippen molar-refractivity contribution >= 4 is 0 Å². The minimum Gasteiger partial charge on any atom is -0.424 e. The molecular formula is C14H16FN3O2. The molecule has 0 spiro atoms. The summed E-state index contributed by atoms with van der Waals surface area (Å²) in [7, 11) is 1.66. The lowest BCUT2D eigenvalue weighted by Gasteiger charge is -2.06. The average molecular weight is 277 g/mol. The van der Waals surface area contributed by atoms with Gasteiger partial charge in [-0.3, -0.25) is 0 Å². The summed E-state index contributed by atoms with van der Waals surface area (Å²) in [6, 6.07) is 6.04. The van der Waals surface area contributed by atoms with Crippen molar-refractivity contribution in [3.63, 3.8) is 0 Å². The van der Waals surface area contributed by atoms with Gasteiger partial charge >= 0.3 is 6.01 Å². The van der Waals surface area contributed by atoms with E-state index in [0.717, 1.165) is 12.1 Å². The normalized spacial score (nSPS) is 10.5. The van der Waals surface area contributed by atoms with E-state index in [9.17, 15) is 4.39 Å². The van der Waals surface area contributed by atoms with E-state index in [1.165, 1.54) is 12.1 Å². The molecule has 0 saturated heterocycles. The number of halogens is 1. The topological polar surface area (TPSA) is 56.3 Å². The van der Waals surface area contributed by atoms with Crippen LogP contribution < -0.4 is 10.1 Å². The Kier molecular flexibility index (Phi) is 5.40. The number of ether oxygens (including phenoxy) is 2. The summed E-state index contributed by atoms with van der Waals surface area (Å²) >= 11 is 0. The predicted octanol–water partition coefficient (Wildman–Crippen LogP) is 2.14. The van der Waals surface area contributed by atoms with Crippen LogP contribution in [0.3, 0.4) is 0 Å². The van der Waals surface area contributed by atoms with Crippen molar-refractivity contribution < 1.29 is 13.9 Å². The number of aromatic nitrogens is 2. The van der Waals surface area contributed by atoms with Gasteiger partial charge in [0.25, 0.3) is 0 Å². The molecule has 1 heterocycles. The molecule has 0 atom stereocenters. The molecule has 1 aromatic heterocycles. The van der Waals surface area contributed by atoms with Crippen LogP contribution in [0.15, 0.2) is 36.7 Å². The first-order valence-corrected chi connectivity index (χ1v) is 6.22. The Morgan fingerprint density at radius 2 is 2.05 bits per heavy atom. The van der Waals surface area contributed by atoms with E-state index in [1.54, 1.807) is 31.6 Å². The third kappa shape index (κ3) is 4.56. The molecule has 0 aliphatic carbocycles. The van der Waals surface area contributed by atoms with E-state index in [-0.39, 0.29) is 11.8 Å². The van der Waals surface area contributed by atoms with Gasteiger partial charge in [0.1, 0.15) is 11.6 Å². The molecule has 0 radical (unpaired) electrons. The minimum atomic E-state index is -0.360. The summed E-state index contributed by atoms with van der Waals surface area (Å²) in [4.78, 5) is 8.15. The highest BCUT2D eigenvalue weighted by atomic mass is 19.1. The number of nitrogens with one attached hydrogen (secondary N) is 1. The van der Waals surface area contributed by atoms with Crippen LogP contribution in [0.5, 0.6) is 11.8 Å². The lowest BCUT2D eigenvalue weighted by Crippen LogP contribution is -2.18. The largest absolute Gasteiger partial charge is 0.424 e. The molecule has 0 aliphatic rings. The number of benzene rings is 1. The van der Waals surface area contributed by atoms with E-state index >= 15 is 0 Å². The van der Waals surface area contributed by atoms with Crippen LogP contribution in [0, 0.1) is 5.82 Å². The lowest BCUT2D eigenvalue weighted by atomic mass is 10.3. The van der Waals surface area contributed by atoms with Crippen molar-refractivity contribution in [1.29, 1.82) is 0 Å². The summed E-state index contributed by atoms with van der Waals surface area (Å²) in [5.41, 5.74) is 0.938. The minimum absolute atomic E-state index is 0.191. The van der Waals surface area contributed by atoms with Crippen molar-refractivity contribution in [2.24, 2.45) is 0 Å². The number of hydrogen-bond acceptors (Lipinski definition) is 5. The Labute approximate surface area is 116 Å². The van der Waals surface area contributed by atoms with Gasteiger partial charge in [0.15, 0.2) is 0 Å². The van der Waals surface area contributed by atoms with E-state index < -0.39 is 0 Å². The van der Waals surface area contributed by atoms with E-state index in [2.05, 4.69) is 15.3 Å². The van der Waals surface area contributed by atoms with Crippen LogP contribution in [-0.2, 0) is 11.3 Å². The molecule has 2 aromatic rings. The fourth-order valence-electron chi connectivity index (χ4n) is 1.53. The van der Waals surface area contributed by atoms with E-state index in [0.29, 0.717) is 18.9 Å². The molecule has 0 aliphatic heterocycles. The molecule has 6 heteroatoms. The van der Waals surface area contributed by atoms with Crippen LogP contribution in [0.2, 0.25) is 0 Å². The predicted molar refractivity (Wildman–Crippen MR) is 72.1 cm³/mol. The van der Waals surface area contributed by atoms with Gasteiger partial charge < -0.3 is 14.8 Å². The van der Waals surface area contributed by atoms with E-state index in [4.69, 9.17) is 9.47 Å². The van der Waals surface area contributed by atoms with Gasteiger partial charge in [-0.25, -0.2) is 14.4 Å². The lowest BCUT2D eigenvalue weighted by molar-refractivity contribution is 0.199. The number of rotatable bonds is 7. The maximum atomic E-state index is 13.0.